The van der Waals surface area contributed by atoms with Crippen LogP contribution in [0.4, 0.5) is 4.79 Å². The van der Waals surface area contributed by atoms with Gasteiger partial charge < -0.3 is 20.9 Å². The summed E-state index contributed by atoms with van der Waals surface area (Å²) < 4.78 is 1.83. The average Bonchev–Trinajstić information content (AvgIpc) is 3.09. The maximum Gasteiger partial charge on any atom is 0.318 e. The average molecular weight is 397 g/mol. The first kappa shape index (κ1) is 19.4. The zero-order valence-electron chi connectivity index (χ0n) is 16.6. The number of benzene rings is 1. The molecule has 29 heavy (non-hydrogen) atoms. The molecule has 154 valence electrons. The molecule has 3 heterocycles. The van der Waals surface area contributed by atoms with Crippen molar-refractivity contribution in [2.45, 2.75) is 19.1 Å². The fourth-order valence-electron chi connectivity index (χ4n) is 3.93. The lowest BCUT2D eigenvalue weighted by Gasteiger charge is -2.34. The minimum absolute atomic E-state index is 0.144. The second-order valence-corrected chi connectivity index (χ2v) is 7.59. The Labute approximate surface area is 169 Å². The molecular formula is C20H27N7O2. The van der Waals surface area contributed by atoms with Gasteiger partial charge in [0.05, 0.1) is 6.54 Å². The predicted molar refractivity (Wildman–Crippen MR) is 108 cm³/mol. The highest BCUT2D eigenvalue weighted by Gasteiger charge is 2.32. The first-order chi connectivity index (χ1) is 14.0. The first-order valence-corrected chi connectivity index (χ1v) is 9.93. The summed E-state index contributed by atoms with van der Waals surface area (Å²) in [6, 6.07) is 9.80. The Hall–Kier alpha value is -2.91. The highest BCUT2D eigenvalue weighted by Crippen LogP contribution is 2.26. The number of urea groups is 1. The molecule has 1 aromatic heterocycles. The number of primary amides is 1. The molecular weight excluding hydrogens is 370 g/mol. The van der Waals surface area contributed by atoms with Crippen LogP contribution in [0.3, 0.4) is 0 Å². The van der Waals surface area contributed by atoms with E-state index in [2.05, 4.69) is 20.6 Å². The first-order valence-electron chi connectivity index (χ1n) is 9.93. The second kappa shape index (κ2) is 8.22. The number of nitrogens with two attached hydrogens (primary N) is 1. The lowest BCUT2D eigenvalue weighted by atomic mass is 10.0. The second-order valence-electron chi connectivity index (χ2n) is 7.59. The van der Waals surface area contributed by atoms with Crippen LogP contribution in [0.25, 0.3) is 0 Å². The Morgan fingerprint density at radius 3 is 2.62 bits per heavy atom. The Morgan fingerprint density at radius 2 is 1.93 bits per heavy atom. The van der Waals surface area contributed by atoms with Gasteiger partial charge in [-0.1, -0.05) is 30.3 Å². The Morgan fingerprint density at radius 1 is 1.21 bits per heavy atom. The lowest BCUT2D eigenvalue weighted by molar-refractivity contribution is 0.0992. The van der Waals surface area contributed by atoms with E-state index in [1.807, 2.05) is 42.1 Å². The number of hydrogen-bond acceptors (Lipinski definition) is 5. The minimum atomic E-state index is -0.587. The number of carbonyl (C=O) groups is 2. The topological polar surface area (TPSA) is 109 Å². The SMILES string of the molecule is CN1CCN(C(=O)NC2NCCc3c2c(C(N)=O)nn3Cc2ccccc2)CC1. The molecule has 1 unspecified atom stereocenters. The van der Waals surface area contributed by atoms with E-state index in [1.54, 1.807) is 4.90 Å². The van der Waals surface area contributed by atoms with Crippen molar-refractivity contribution in [2.75, 3.05) is 39.8 Å². The van der Waals surface area contributed by atoms with E-state index in [9.17, 15) is 9.59 Å². The number of amides is 3. The van der Waals surface area contributed by atoms with Gasteiger partial charge in [0.15, 0.2) is 5.69 Å². The van der Waals surface area contributed by atoms with Crippen molar-refractivity contribution in [1.82, 2.24) is 30.2 Å². The summed E-state index contributed by atoms with van der Waals surface area (Å²) in [5, 5.41) is 10.8. The van der Waals surface area contributed by atoms with Crippen molar-refractivity contribution in [1.29, 1.82) is 0 Å². The van der Waals surface area contributed by atoms with E-state index in [4.69, 9.17) is 5.73 Å². The van der Waals surface area contributed by atoms with Crippen LogP contribution >= 0.6 is 0 Å². The molecule has 9 heteroatoms. The number of fused-ring (bicyclic) bond motifs is 1. The maximum absolute atomic E-state index is 12.8. The van der Waals surface area contributed by atoms with Crippen molar-refractivity contribution < 1.29 is 9.59 Å². The summed E-state index contributed by atoms with van der Waals surface area (Å²) in [4.78, 5) is 28.9. The van der Waals surface area contributed by atoms with Crippen LogP contribution < -0.4 is 16.4 Å². The van der Waals surface area contributed by atoms with Crippen molar-refractivity contribution in [3.8, 4) is 0 Å². The Balaban J connectivity index is 1.58. The zero-order chi connectivity index (χ0) is 20.4. The lowest BCUT2D eigenvalue weighted by Crippen LogP contribution is -2.53. The zero-order valence-corrected chi connectivity index (χ0v) is 16.6. The standard InChI is InChI=1S/C20H27N7O2/c1-25-9-11-26(12-10-25)20(29)23-19-16-15(7-8-22-19)27(24-17(16)18(21)28)13-14-5-3-2-4-6-14/h2-6,19,22H,7-13H2,1H3,(H2,21,28)(H,23,29). The summed E-state index contributed by atoms with van der Waals surface area (Å²) in [6.45, 7) is 4.28. The molecule has 0 spiro atoms. The third kappa shape index (κ3) is 4.10. The molecule has 2 aliphatic rings. The third-order valence-electron chi connectivity index (χ3n) is 5.56. The number of piperazine rings is 1. The molecule has 0 bridgehead atoms. The molecule has 2 aliphatic heterocycles. The van der Waals surface area contributed by atoms with E-state index >= 15 is 0 Å². The maximum atomic E-state index is 12.8. The van der Waals surface area contributed by atoms with Gasteiger partial charge in [0.25, 0.3) is 5.91 Å². The highest BCUT2D eigenvalue weighted by atomic mass is 16.2. The van der Waals surface area contributed by atoms with Gasteiger partial charge in [-0.2, -0.15) is 5.10 Å². The normalized spacial score (nSPS) is 19.6. The smallest absolute Gasteiger partial charge is 0.318 e. The van der Waals surface area contributed by atoms with Crippen LogP contribution in [0.15, 0.2) is 30.3 Å². The van der Waals surface area contributed by atoms with Gasteiger partial charge >= 0.3 is 6.03 Å². The summed E-state index contributed by atoms with van der Waals surface area (Å²) in [5.74, 6) is -0.587. The highest BCUT2D eigenvalue weighted by molar-refractivity contribution is 5.93. The molecule has 1 atom stereocenters. The van der Waals surface area contributed by atoms with E-state index < -0.39 is 12.1 Å². The van der Waals surface area contributed by atoms with E-state index in [0.717, 1.165) is 24.3 Å². The van der Waals surface area contributed by atoms with Crippen molar-refractivity contribution in [3.63, 3.8) is 0 Å². The number of hydrogen-bond donors (Lipinski definition) is 3. The molecule has 4 N–H and O–H groups in total. The Bertz CT molecular complexity index is 888. The van der Waals surface area contributed by atoms with E-state index in [0.29, 0.717) is 38.2 Å². The third-order valence-corrected chi connectivity index (χ3v) is 5.56. The molecule has 1 fully saturated rings. The number of nitrogens with zero attached hydrogens (tertiary/aromatic N) is 4. The molecule has 3 amide bonds. The van der Waals surface area contributed by atoms with Crippen molar-refractivity contribution >= 4 is 11.9 Å². The summed E-state index contributed by atoms with van der Waals surface area (Å²) in [6.07, 6.45) is 0.224. The fraction of sp³-hybridized carbons (Fsp3) is 0.450. The largest absolute Gasteiger partial charge is 0.364 e. The molecule has 9 nitrogen and oxygen atoms in total. The van der Waals surface area contributed by atoms with Gasteiger partial charge in [0, 0.05) is 50.4 Å². The molecule has 2 aromatic rings. The number of likely N-dealkylation sites (N-methyl/N-ethyl adjacent to an activating group) is 1. The minimum Gasteiger partial charge on any atom is -0.364 e. The van der Waals surface area contributed by atoms with Gasteiger partial charge in [0.2, 0.25) is 0 Å². The van der Waals surface area contributed by atoms with Crippen molar-refractivity contribution in [3.05, 3.63) is 52.8 Å². The van der Waals surface area contributed by atoms with Gasteiger partial charge in [-0.3, -0.25) is 14.8 Å². The fourth-order valence-corrected chi connectivity index (χ4v) is 3.93. The molecule has 0 radical (unpaired) electrons. The van der Waals surface area contributed by atoms with E-state index in [1.165, 1.54) is 0 Å². The van der Waals surface area contributed by atoms with Crippen LogP contribution in [0, 0.1) is 0 Å². The number of nitrogens with one attached hydrogen (secondary N) is 2. The van der Waals surface area contributed by atoms with Gasteiger partial charge in [0.1, 0.15) is 6.17 Å². The molecule has 4 rings (SSSR count). The summed E-state index contributed by atoms with van der Waals surface area (Å²) >= 11 is 0. The quantitative estimate of drug-likeness (QED) is 0.680. The van der Waals surface area contributed by atoms with Crippen LogP contribution in [-0.4, -0.2) is 71.3 Å². The molecule has 1 saturated heterocycles. The van der Waals surface area contributed by atoms with Crippen LogP contribution in [0.2, 0.25) is 0 Å². The number of carbonyl (C=O) groups excluding carboxylic acids is 2. The molecule has 0 saturated carbocycles. The van der Waals surface area contributed by atoms with Crippen LogP contribution in [-0.2, 0) is 13.0 Å². The summed E-state index contributed by atoms with van der Waals surface area (Å²) in [5.41, 5.74) is 8.55. The molecule has 0 aliphatic carbocycles. The van der Waals surface area contributed by atoms with Crippen LogP contribution in [0.1, 0.15) is 33.5 Å². The van der Waals surface area contributed by atoms with E-state index in [-0.39, 0.29) is 11.7 Å². The summed E-state index contributed by atoms with van der Waals surface area (Å²) in [7, 11) is 2.05. The van der Waals surface area contributed by atoms with Crippen LogP contribution in [0.5, 0.6) is 0 Å². The van der Waals surface area contributed by atoms with Gasteiger partial charge in [-0.25, -0.2) is 4.79 Å². The Kier molecular flexibility index (Phi) is 5.50. The number of aromatic nitrogens is 2. The van der Waals surface area contributed by atoms with Gasteiger partial charge in [-0.05, 0) is 12.6 Å². The molecule has 1 aromatic carbocycles. The number of rotatable bonds is 4. The van der Waals surface area contributed by atoms with Crippen molar-refractivity contribution in [2.24, 2.45) is 5.73 Å². The predicted octanol–water partition coefficient (Wildman–Crippen LogP) is 0.132. The monoisotopic (exact) mass is 397 g/mol. The van der Waals surface area contributed by atoms with Gasteiger partial charge in [-0.15, -0.1) is 0 Å².